The molecule has 2 aliphatic rings. The Morgan fingerprint density at radius 3 is 2.89 bits per heavy atom. The molecule has 0 radical (unpaired) electrons. The van der Waals surface area contributed by atoms with E-state index < -0.39 is 0 Å². The van der Waals surface area contributed by atoms with Crippen molar-refractivity contribution in [3.05, 3.63) is 70.0 Å². The van der Waals surface area contributed by atoms with Gasteiger partial charge in [-0.15, -0.1) is 0 Å². The minimum absolute atomic E-state index is 0.569. The highest BCUT2D eigenvalue weighted by atomic mass is 35.5. The Labute approximate surface area is 170 Å². The van der Waals surface area contributed by atoms with Crippen LogP contribution in [0.2, 0.25) is 5.02 Å². The maximum absolute atomic E-state index is 6.36. The highest BCUT2D eigenvalue weighted by Gasteiger charge is 2.29. The van der Waals surface area contributed by atoms with Gasteiger partial charge in [0.2, 0.25) is 0 Å². The normalized spacial score (nSPS) is 19.1. The maximum atomic E-state index is 6.36. The largest absolute Gasteiger partial charge is 0.497 e. The number of hydrogen-bond acceptors (Lipinski definition) is 3. The number of hydrogen-bond donors (Lipinski definition) is 1. The molecule has 3 aromatic rings. The van der Waals surface area contributed by atoms with Crippen LogP contribution in [0.4, 0.5) is 0 Å². The van der Waals surface area contributed by atoms with E-state index in [1.807, 2.05) is 24.3 Å². The molecule has 0 amide bonds. The second-order valence-corrected chi connectivity index (χ2v) is 8.15. The van der Waals surface area contributed by atoms with Crippen LogP contribution in [0.15, 0.2) is 42.5 Å². The van der Waals surface area contributed by atoms with Crippen LogP contribution in [0.25, 0.3) is 11.4 Å². The van der Waals surface area contributed by atoms with Crippen LogP contribution in [-0.2, 0) is 25.8 Å². The molecule has 144 valence electrons. The van der Waals surface area contributed by atoms with E-state index in [1.165, 1.54) is 28.9 Å². The van der Waals surface area contributed by atoms with E-state index in [0.29, 0.717) is 6.04 Å². The Bertz CT molecular complexity index is 1010. The molecule has 5 rings (SSSR count). The molecule has 0 spiro atoms. The first-order chi connectivity index (χ1) is 13.7. The number of ether oxygens (including phenoxy) is 1. The quantitative estimate of drug-likeness (QED) is 0.703. The van der Waals surface area contributed by atoms with Crippen molar-refractivity contribution in [3.63, 3.8) is 0 Å². The number of rotatable bonds is 3. The van der Waals surface area contributed by atoms with E-state index in [-0.39, 0.29) is 0 Å². The van der Waals surface area contributed by atoms with Gasteiger partial charge in [0.15, 0.2) is 0 Å². The van der Waals surface area contributed by atoms with Gasteiger partial charge in [-0.1, -0.05) is 29.8 Å². The molecule has 2 heterocycles. The first kappa shape index (κ1) is 17.8. The van der Waals surface area contributed by atoms with Crippen molar-refractivity contribution in [2.75, 3.05) is 13.7 Å². The standard InChI is InChI=1S/C23H24ClN3O/c1-28-18-9-7-15-6-8-17(12-16(15)13-18)27-11-10-21-22(14-27)26-23(25-21)19-4-2-3-5-20(19)24/h2-5,7,9,13,17H,6,8,10-12,14H2,1H3,(H,25,26). The minimum Gasteiger partial charge on any atom is -0.497 e. The zero-order chi connectivity index (χ0) is 19.1. The number of halogens is 1. The molecule has 5 heteroatoms. The lowest BCUT2D eigenvalue weighted by Crippen LogP contribution is -2.42. The highest BCUT2D eigenvalue weighted by Crippen LogP contribution is 2.32. The number of nitrogens with zero attached hydrogens (tertiary/aromatic N) is 2. The van der Waals surface area contributed by atoms with Gasteiger partial charge in [-0.05, 0) is 54.7 Å². The average molecular weight is 394 g/mol. The second kappa shape index (κ2) is 7.26. The Morgan fingerprint density at radius 2 is 2.04 bits per heavy atom. The van der Waals surface area contributed by atoms with E-state index >= 15 is 0 Å². The van der Waals surface area contributed by atoms with Crippen molar-refractivity contribution in [2.45, 2.75) is 38.3 Å². The van der Waals surface area contributed by atoms with Gasteiger partial charge >= 0.3 is 0 Å². The maximum Gasteiger partial charge on any atom is 0.139 e. The van der Waals surface area contributed by atoms with Gasteiger partial charge in [0.25, 0.3) is 0 Å². The predicted octanol–water partition coefficient (Wildman–Crippen LogP) is 4.65. The van der Waals surface area contributed by atoms with Crippen molar-refractivity contribution in [2.24, 2.45) is 0 Å². The number of aromatic nitrogens is 2. The van der Waals surface area contributed by atoms with E-state index in [9.17, 15) is 0 Å². The predicted molar refractivity (Wildman–Crippen MR) is 112 cm³/mol. The number of aromatic amines is 1. The summed E-state index contributed by atoms with van der Waals surface area (Å²) in [6, 6.07) is 15.0. The third-order valence-corrected chi connectivity index (χ3v) is 6.45. The lowest BCUT2D eigenvalue weighted by Gasteiger charge is -2.37. The highest BCUT2D eigenvalue weighted by molar-refractivity contribution is 6.33. The smallest absolute Gasteiger partial charge is 0.139 e. The zero-order valence-corrected chi connectivity index (χ0v) is 16.8. The molecule has 2 aromatic carbocycles. The number of aryl methyl sites for hydroxylation is 1. The molecule has 0 saturated heterocycles. The number of nitrogens with one attached hydrogen (secondary N) is 1. The third kappa shape index (κ3) is 3.21. The number of benzene rings is 2. The lowest BCUT2D eigenvalue weighted by molar-refractivity contribution is 0.160. The van der Waals surface area contributed by atoms with Crippen LogP contribution in [0.3, 0.4) is 0 Å². The number of H-pyrrole nitrogens is 1. The van der Waals surface area contributed by atoms with Gasteiger partial charge in [-0.3, -0.25) is 4.90 Å². The Morgan fingerprint density at radius 1 is 1.14 bits per heavy atom. The second-order valence-electron chi connectivity index (χ2n) is 7.74. The number of imidazole rings is 1. The molecule has 1 aromatic heterocycles. The van der Waals surface area contributed by atoms with Gasteiger partial charge in [-0.25, -0.2) is 4.98 Å². The summed E-state index contributed by atoms with van der Waals surface area (Å²) in [5.41, 5.74) is 6.30. The first-order valence-corrected chi connectivity index (χ1v) is 10.3. The molecule has 4 nitrogen and oxygen atoms in total. The fraction of sp³-hybridized carbons (Fsp3) is 0.348. The van der Waals surface area contributed by atoms with Crippen LogP contribution in [-0.4, -0.2) is 34.6 Å². The molecule has 0 saturated carbocycles. The molecule has 1 atom stereocenters. The van der Waals surface area contributed by atoms with Crippen LogP contribution < -0.4 is 4.74 Å². The molecular formula is C23H24ClN3O. The summed E-state index contributed by atoms with van der Waals surface area (Å²) >= 11 is 6.36. The van der Waals surface area contributed by atoms with E-state index in [4.69, 9.17) is 21.3 Å². The van der Waals surface area contributed by atoms with E-state index in [0.717, 1.165) is 54.5 Å². The molecule has 1 unspecified atom stereocenters. The molecule has 0 bridgehead atoms. The Kier molecular flexibility index (Phi) is 4.61. The molecular weight excluding hydrogens is 370 g/mol. The molecule has 28 heavy (non-hydrogen) atoms. The fourth-order valence-electron chi connectivity index (χ4n) is 4.56. The van der Waals surface area contributed by atoms with Gasteiger partial charge in [0.1, 0.15) is 11.6 Å². The number of fused-ring (bicyclic) bond motifs is 2. The van der Waals surface area contributed by atoms with Gasteiger partial charge < -0.3 is 9.72 Å². The molecule has 0 fully saturated rings. The van der Waals surface area contributed by atoms with Gasteiger partial charge in [0.05, 0.1) is 23.5 Å². The van der Waals surface area contributed by atoms with Crippen molar-refractivity contribution >= 4 is 11.6 Å². The van der Waals surface area contributed by atoms with Gasteiger partial charge in [0, 0.05) is 31.1 Å². The molecule has 1 aliphatic carbocycles. The monoisotopic (exact) mass is 393 g/mol. The topological polar surface area (TPSA) is 41.1 Å². The van der Waals surface area contributed by atoms with Crippen molar-refractivity contribution < 1.29 is 4.74 Å². The van der Waals surface area contributed by atoms with E-state index in [1.54, 1.807) is 7.11 Å². The minimum atomic E-state index is 0.569. The first-order valence-electron chi connectivity index (χ1n) is 9.94. The van der Waals surface area contributed by atoms with Crippen molar-refractivity contribution in [1.29, 1.82) is 0 Å². The van der Waals surface area contributed by atoms with E-state index in [2.05, 4.69) is 28.1 Å². The van der Waals surface area contributed by atoms with Crippen LogP contribution in [0.1, 0.15) is 28.9 Å². The number of methoxy groups -OCH3 is 1. The van der Waals surface area contributed by atoms with Crippen molar-refractivity contribution in [1.82, 2.24) is 14.9 Å². The summed E-state index contributed by atoms with van der Waals surface area (Å²) in [4.78, 5) is 11.0. The molecule has 1 aliphatic heterocycles. The molecule has 1 N–H and O–H groups in total. The Hall–Kier alpha value is -2.30. The average Bonchev–Trinajstić information content (AvgIpc) is 3.16. The zero-order valence-electron chi connectivity index (χ0n) is 16.0. The summed E-state index contributed by atoms with van der Waals surface area (Å²) in [5, 5.41) is 0.739. The summed E-state index contributed by atoms with van der Waals surface area (Å²) < 4.78 is 5.42. The summed E-state index contributed by atoms with van der Waals surface area (Å²) in [6.45, 7) is 1.99. The van der Waals surface area contributed by atoms with Crippen LogP contribution in [0, 0.1) is 0 Å². The summed E-state index contributed by atoms with van der Waals surface area (Å²) in [5.74, 6) is 1.84. The van der Waals surface area contributed by atoms with Gasteiger partial charge in [-0.2, -0.15) is 0 Å². The SMILES string of the molecule is COc1ccc2c(c1)CC(N1CCc3nc(-c4ccccc4Cl)[nH]c3C1)CC2. The lowest BCUT2D eigenvalue weighted by atomic mass is 9.86. The third-order valence-electron chi connectivity index (χ3n) is 6.12. The van der Waals surface area contributed by atoms with Crippen LogP contribution >= 0.6 is 11.6 Å². The van der Waals surface area contributed by atoms with Crippen molar-refractivity contribution in [3.8, 4) is 17.1 Å². The Balaban J connectivity index is 1.36. The summed E-state index contributed by atoms with van der Waals surface area (Å²) in [6.07, 6.45) is 4.42. The summed E-state index contributed by atoms with van der Waals surface area (Å²) in [7, 11) is 1.74. The fourth-order valence-corrected chi connectivity index (χ4v) is 4.79. The van der Waals surface area contributed by atoms with Crippen LogP contribution in [0.5, 0.6) is 5.75 Å².